The van der Waals surface area contributed by atoms with Gasteiger partial charge in [0.2, 0.25) is 0 Å². The second-order valence-electron chi connectivity index (χ2n) is 6.30. The molecular weight excluding hydrogens is 391 g/mol. The van der Waals surface area contributed by atoms with Gasteiger partial charge in [0, 0.05) is 11.6 Å². The highest BCUT2D eigenvalue weighted by molar-refractivity contribution is 5.92. The number of hydrogen-bond donors (Lipinski definition) is 2. The number of methoxy groups -OCH3 is 1. The van der Waals surface area contributed by atoms with E-state index in [1.165, 1.54) is 37.4 Å². The second-order valence-corrected chi connectivity index (χ2v) is 6.30. The molecule has 1 atom stereocenters. The van der Waals surface area contributed by atoms with Crippen LogP contribution in [0.3, 0.4) is 0 Å². The number of benzene rings is 2. The van der Waals surface area contributed by atoms with Crippen molar-refractivity contribution < 1.29 is 23.5 Å². The Hall–Kier alpha value is -4.01. The molecule has 0 spiro atoms. The molecule has 2 aromatic carbocycles. The molecular formula is C21H19FN4O4. The van der Waals surface area contributed by atoms with Crippen molar-refractivity contribution in [2.24, 2.45) is 5.73 Å². The molecule has 3 aromatic rings. The standard InChI is InChI=1S/C21H19FN4O4/c1-12(21(28)29-2)24-18-11-17(19(23)27)25-20(26-18)13-3-7-15(8-4-13)30-16-9-5-14(22)6-10-16/h3-12H,1-2H3,(H2,23,27)(H,24,25,26). The summed E-state index contributed by atoms with van der Waals surface area (Å²) in [5, 5.41) is 2.86. The van der Waals surface area contributed by atoms with E-state index in [0.717, 1.165) is 0 Å². The van der Waals surface area contributed by atoms with E-state index >= 15 is 0 Å². The number of nitrogens with zero attached hydrogens (tertiary/aromatic N) is 2. The maximum Gasteiger partial charge on any atom is 0.328 e. The van der Waals surface area contributed by atoms with E-state index in [1.54, 1.807) is 31.2 Å². The van der Waals surface area contributed by atoms with Gasteiger partial charge in [0.1, 0.15) is 34.9 Å². The predicted molar refractivity (Wildman–Crippen MR) is 108 cm³/mol. The van der Waals surface area contributed by atoms with Gasteiger partial charge in [-0.1, -0.05) is 0 Å². The molecule has 9 heteroatoms. The topological polar surface area (TPSA) is 116 Å². The maximum atomic E-state index is 13.0. The van der Waals surface area contributed by atoms with Crippen molar-refractivity contribution in [1.82, 2.24) is 9.97 Å². The molecule has 0 fully saturated rings. The van der Waals surface area contributed by atoms with Crippen LogP contribution in [-0.2, 0) is 9.53 Å². The SMILES string of the molecule is COC(=O)C(C)Nc1cc(C(N)=O)nc(-c2ccc(Oc3ccc(F)cc3)cc2)n1. The second kappa shape index (κ2) is 8.99. The molecule has 0 aliphatic rings. The van der Waals surface area contributed by atoms with Crippen LogP contribution in [0.2, 0.25) is 0 Å². The number of amides is 1. The number of nitrogens with one attached hydrogen (secondary N) is 1. The number of carbonyl (C=O) groups is 2. The van der Waals surface area contributed by atoms with Gasteiger partial charge >= 0.3 is 5.97 Å². The minimum absolute atomic E-state index is 0.00814. The zero-order valence-electron chi connectivity index (χ0n) is 16.3. The number of carbonyl (C=O) groups excluding carboxylic acids is 2. The minimum Gasteiger partial charge on any atom is -0.467 e. The number of hydrogen-bond acceptors (Lipinski definition) is 7. The van der Waals surface area contributed by atoms with Crippen LogP contribution in [0.4, 0.5) is 10.2 Å². The van der Waals surface area contributed by atoms with Gasteiger partial charge in [-0.05, 0) is 55.5 Å². The molecule has 0 saturated carbocycles. The Labute approximate surface area is 171 Å². The van der Waals surface area contributed by atoms with E-state index in [9.17, 15) is 14.0 Å². The van der Waals surface area contributed by atoms with Crippen molar-refractivity contribution in [2.75, 3.05) is 12.4 Å². The van der Waals surface area contributed by atoms with Gasteiger partial charge in [0.05, 0.1) is 7.11 Å². The lowest BCUT2D eigenvalue weighted by Crippen LogP contribution is -2.28. The Morgan fingerprint density at radius 1 is 1.03 bits per heavy atom. The molecule has 1 unspecified atom stereocenters. The maximum absolute atomic E-state index is 13.0. The first-order valence-electron chi connectivity index (χ1n) is 8.93. The summed E-state index contributed by atoms with van der Waals surface area (Å²) in [6, 6.07) is 13.1. The summed E-state index contributed by atoms with van der Waals surface area (Å²) in [6.45, 7) is 1.60. The van der Waals surface area contributed by atoms with E-state index < -0.39 is 17.9 Å². The third-order valence-electron chi connectivity index (χ3n) is 4.06. The van der Waals surface area contributed by atoms with Crippen LogP contribution in [0, 0.1) is 5.82 Å². The van der Waals surface area contributed by atoms with E-state index in [2.05, 4.69) is 20.0 Å². The molecule has 0 aliphatic heterocycles. The summed E-state index contributed by atoms with van der Waals surface area (Å²) >= 11 is 0. The zero-order chi connectivity index (χ0) is 21.7. The molecule has 0 aliphatic carbocycles. The first-order chi connectivity index (χ1) is 14.4. The number of ether oxygens (including phenoxy) is 2. The van der Waals surface area contributed by atoms with Crippen LogP contribution in [0.5, 0.6) is 11.5 Å². The Bertz CT molecular complexity index is 1060. The van der Waals surface area contributed by atoms with Gasteiger partial charge in [-0.25, -0.2) is 19.2 Å². The largest absolute Gasteiger partial charge is 0.467 e. The first kappa shape index (κ1) is 20.7. The highest BCUT2D eigenvalue weighted by Gasteiger charge is 2.16. The molecule has 154 valence electrons. The van der Waals surface area contributed by atoms with Crippen LogP contribution in [-0.4, -0.2) is 35.0 Å². The van der Waals surface area contributed by atoms with E-state index in [0.29, 0.717) is 17.1 Å². The highest BCUT2D eigenvalue weighted by Crippen LogP contribution is 2.25. The summed E-state index contributed by atoms with van der Waals surface area (Å²) in [5.41, 5.74) is 5.96. The molecule has 30 heavy (non-hydrogen) atoms. The van der Waals surface area contributed by atoms with Gasteiger partial charge < -0.3 is 20.5 Å². The predicted octanol–water partition coefficient (Wildman–Crippen LogP) is 3.15. The van der Waals surface area contributed by atoms with Crippen molar-refractivity contribution >= 4 is 17.7 Å². The molecule has 8 nitrogen and oxygen atoms in total. The average molecular weight is 410 g/mol. The van der Waals surface area contributed by atoms with Crippen molar-refractivity contribution in [3.63, 3.8) is 0 Å². The lowest BCUT2D eigenvalue weighted by Gasteiger charge is -2.13. The fourth-order valence-corrected chi connectivity index (χ4v) is 2.54. The Balaban J connectivity index is 1.85. The molecule has 3 rings (SSSR count). The molecule has 0 bridgehead atoms. The number of halogens is 1. The van der Waals surface area contributed by atoms with Crippen LogP contribution in [0.15, 0.2) is 54.6 Å². The number of primary amides is 1. The normalized spacial score (nSPS) is 11.4. The molecule has 3 N–H and O–H groups in total. The van der Waals surface area contributed by atoms with Crippen molar-refractivity contribution in [3.05, 3.63) is 66.1 Å². The van der Waals surface area contributed by atoms with Crippen molar-refractivity contribution in [3.8, 4) is 22.9 Å². The van der Waals surface area contributed by atoms with Gasteiger partial charge in [-0.2, -0.15) is 0 Å². The monoisotopic (exact) mass is 410 g/mol. The number of esters is 1. The van der Waals surface area contributed by atoms with E-state index in [4.69, 9.17) is 10.5 Å². The third kappa shape index (κ3) is 5.07. The number of aromatic nitrogens is 2. The molecule has 1 amide bonds. The smallest absolute Gasteiger partial charge is 0.328 e. The molecule has 1 heterocycles. The fraction of sp³-hybridized carbons (Fsp3) is 0.143. The molecule has 0 radical (unpaired) electrons. The average Bonchev–Trinajstić information content (AvgIpc) is 2.75. The summed E-state index contributed by atoms with van der Waals surface area (Å²) < 4.78 is 23.3. The quantitative estimate of drug-likeness (QED) is 0.575. The zero-order valence-corrected chi connectivity index (χ0v) is 16.3. The Morgan fingerprint density at radius 2 is 1.63 bits per heavy atom. The third-order valence-corrected chi connectivity index (χ3v) is 4.06. The van der Waals surface area contributed by atoms with Gasteiger partial charge in [-0.3, -0.25) is 4.79 Å². The van der Waals surface area contributed by atoms with Crippen molar-refractivity contribution in [2.45, 2.75) is 13.0 Å². The van der Waals surface area contributed by atoms with Crippen LogP contribution in [0.1, 0.15) is 17.4 Å². The van der Waals surface area contributed by atoms with E-state index in [1.807, 2.05) is 0 Å². The summed E-state index contributed by atoms with van der Waals surface area (Å²) in [7, 11) is 1.27. The number of anilines is 1. The summed E-state index contributed by atoms with van der Waals surface area (Å²) in [6.07, 6.45) is 0. The van der Waals surface area contributed by atoms with Gasteiger partial charge in [0.15, 0.2) is 5.82 Å². The lowest BCUT2D eigenvalue weighted by atomic mass is 10.2. The van der Waals surface area contributed by atoms with Crippen molar-refractivity contribution in [1.29, 1.82) is 0 Å². The minimum atomic E-state index is -0.733. The highest BCUT2D eigenvalue weighted by atomic mass is 19.1. The lowest BCUT2D eigenvalue weighted by molar-refractivity contribution is -0.141. The van der Waals surface area contributed by atoms with Crippen LogP contribution >= 0.6 is 0 Å². The van der Waals surface area contributed by atoms with E-state index in [-0.39, 0.29) is 23.2 Å². The fourth-order valence-electron chi connectivity index (χ4n) is 2.54. The number of rotatable bonds is 7. The van der Waals surface area contributed by atoms with Gasteiger partial charge in [0.25, 0.3) is 5.91 Å². The first-order valence-corrected chi connectivity index (χ1v) is 8.93. The van der Waals surface area contributed by atoms with Gasteiger partial charge in [-0.15, -0.1) is 0 Å². The Morgan fingerprint density at radius 3 is 2.20 bits per heavy atom. The number of nitrogens with two attached hydrogens (primary N) is 1. The summed E-state index contributed by atoms with van der Waals surface area (Å²) in [5.74, 6) is -0.0806. The molecule has 1 aromatic heterocycles. The summed E-state index contributed by atoms with van der Waals surface area (Å²) in [4.78, 5) is 31.8. The van der Waals surface area contributed by atoms with Crippen LogP contribution < -0.4 is 15.8 Å². The Kier molecular flexibility index (Phi) is 6.21. The molecule has 0 saturated heterocycles. The van der Waals surface area contributed by atoms with Crippen LogP contribution in [0.25, 0.3) is 11.4 Å².